The molecule has 0 saturated carbocycles. The maximum atomic E-state index is 12.1. The first kappa shape index (κ1) is 13.4. The van der Waals surface area contributed by atoms with Gasteiger partial charge in [-0.3, -0.25) is 4.79 Å². The summed E-state index contributed by atoms with van der Waals surface area (Å²) in [5.41, 5.74) is 7.04. The van der Waals surface area contributed by atoms with Gasteiger partial charge < -0.3 is 10.6 Å². The third kappa shape index (κ3) is 2.55. The molecular weight excluding hydrogens is 260 g/mol. The standard InChI is InChI=1S/C18H18N2O/c1-11-7-12(2)9-14(8-11)19-10-15-17-13(3)5-4-6-16(17)20-18(15)21/h4-10,19H,1-3H3,(H,20,21)/b15-10+. The zero-order valence-electron chi connectivity index (χ0n) is 12.4. The summed E-state index contributed by atoms with van der Waals surface area (Å²) in [5.74, 6) is -0.0591. The van der Waals surface area contributed by atoms with Crippen molar-refractivity contribution in [3.05, 3.63) is 64.9 Å². The molecule has 2 N–H and O–H groups in total. The Morgan fingerprint density at radius 1 is 1.05 bits per heavy atom. The lowest BCUT2D eigenvalue weighted by atomic mass is 10.0. The van der Waals surface area contributed by atoms with Crippen molar-refractivity contribution >= 4 is 22.9 Å². The van der Waals surface area contributed by atoms with Crippen LogP contribution in [0.4, 0.5) is 11.4 Å². The molecular formula is C18H18N2O. The van der Waals surface area contributed by atoms with Gasteiger partial charge in [0, 0.05) is 23.1 Å². The van der Waals surface area contributed by atoms with Crippen LogP contribution >= 0.6 is 0 Å². The molecule has 0 bridgehead atoms. The topological polar surface area (TPSA) is 41.1 Å². The van der Waals surface area contributed by atoms with Gasteiger partial charge in [0.2, 0.25) is 0 Å². The summed E-state index contributed by atoms with van der Waals surface area (Å²) in [6.45, 7) is 6.14. The van der Waals surface area contributed by atoms with E-state index in [1.165, 1.54) is 11.1 Å². The van der Waals surface area contributed by atoms with Gasteiger partial charge in [0.05, 0.1) is 5.57 Å². The van der Waals surface area contributed by atoms with Crippen LogP contribution in [-0.4, -0.2) is 5.91 Å². The molecule has 0 aromatic heterocycles. The number of hydrogen-bond acceptors (Lipinski definition) is 2. The number of carbonyl (C=O) groups excluding carboxylic acids is 1. The molecule has 0 unspecified atom stereocenters. The minimum Gasteiger partial charge on any atom is -0.361 e. The van der Waals surface area contributed by atoms with E-state index in [2.05, 4.69) is 42.7 Å². The smallest absolute Gasteiger partial charge is 0.257 e. The fourth-order valence-electron chi connectivity index (χ4n) is 2.78. The van der Waals surface area contributed by atoms with Crippen LogP contribution in [0, 0.1) is 20.8 Å². The van der Waals surface area contributed by atoms with E-state index in [0.717, 1.165) is 22.5 Å². The van der Waals surface area contributed by atoms with E-state index >= 15 is 0 Å². The quantitative estimate of drug-likeness (QED) is 0.815. The summed E-state index contributed by atoms with van der Waals surface area (Å²) in [5, 5.41) is 6.14. The lowest BCUT2D eigenvalue weighted by Gasteiger charge is -2.06. The second-order valence-electron chi connectivity index (χ2n) is 5.53. The monoisotopic (exact) mass is 278 g/mol. The molecule has 3 rings (SSSR count). The van der Waals surface area contributed by atoms with Gasteiger partial charge in [-0.15, -0.1) is 0 Å². The molecule has 106 valence electrons. The molecule has 0 fully saturated rings. The van der Waals surface area contributed by atoms with E-state index in [0.29, 0.717) is 5.57 Å². The Balaban J connectivity index is 1.96. The van der Waals surface area contributed by atoms with E-state index in [-0.39, 0.29) is 5.91 Å². The van der Waals surface area contributed by atoms with Crippen molar-refractivity contribution in [3.63, 3.8) is 0 Å². The zero-order valence-corrected chi connectivity index (χ0v) is 12.4. The summed E-state index contributed by atoms with van der Waals surface area (Å²) in [6.07, 6.45) is 1.79. The number of benzene rings is 2. The molecule has 1 amide bonds. The lowest BCUT2D eigenvalue weighted by Crippen LogP contribution is -2.05. The average molecular weight is 278 g/mol. The highest BCUT2D eigenvalue weighted by atomic mass is 16.2. The molecule has 3 nitrogen and oxygen atoms in total. The van der Waals surface area contributed by atoms with Crippen LogP contribution in [0.5, 0.6) is 0 Å². The van der Waals surface area contributed by atoms with Gasteiger partial charge in [0.25, 0.3) is 5.91 Å². The minimum absolute atomic E-state index is 0.0591. The largest absolute Gasteiger partial charge is 0.361 e. The summed E-state index contributed by atoms with van der Waals surface area (Å²) in [4.78, 5) is 12.1. The molecule has 21 heavy (non-hydrogen) atoms. The van der Waals surface area contributed by atoms with Crippen LogP contribution < -0.4 is 10.6 Å². The predicted molar refractivity (Wildman–Crippen MR) is 87.3 cm³/mol. The van der Waals surface area contributed by atoms with Crippen LogP contribution in [-0.2, 0) is 4.79 Å². The van der Waals surface area contributed by atoms with E-state index in [1.807, 2.05) is 25.1 Å². The lowest BCUT2D eigenvalue weighted by molar-refractivity contribution is -0.110. The SMILES string of the molecule is Cc1cc(C)cc(N/C=C2/C(=O)Nc3cccc(C)c32)c1. The van der Waals surface area contributed by atoms with Crippen LogP contribution in [0.1, 0.15) is 22.3 Å². The van der Waals surface area contributed by atoms with E-state index in [4.69, 9.17) is 0 Å². The molecule has 2 aromatic rings. The predicted octanol–water partition coefficient (Wildman–Crippen LogP) is 4.02. The second-order valence-corrected chi connectivity index (χ2v) is 5.53. The maximum absolute atomic E-state index is 12.1. The van der Waals surface area contributed by atoms with Gasteiger partial charge in [-0.05, 0) is 55.7 Å². The number of hydrogen-bond donors (Lipinski definition) is 2. The summed E-state index contributed by atoms with van der Waals surface area (Å²) < 4.78 is 0. The molecule has 1 aliphatic heterocycles. The highest BCUT2D eigenvalue weighted by molar-refractivity contribution is 6.32. The van der Waals surface area contributed by atoms with E-state index in [1.54, 1.807) is 6.20 Å². The Labute approximate surface area is 124 Å². The first-order valence-electron chi connectivity index (χ1n) is 7.01. The molecule has 2 aromatic carbocycles. The van der Waals surface area contributed by atoms with Gasteiger partial charge in [0.15, 0.2) is 0 Å². The first-order valence-corrected chi connectivity index (χ1v) is 7.01. The van der Waals surface area contributed by atoms with Crippen LogP contribution in [0.15, 0.2) is 42.6 Å². The third-order valence-corrected chi connectivity index (χ3v) is 3.64. The number of fused-ring (bicyclic) bond motifs is 1. The first-order chi connectivity index (χ1) is 10.0. The molecule has 0 saturated heterocycles. The number of anilines is 2. The van der Waals surface area contributed by atoms with Gasteiger partial charge in [0.1, 0.15) is 0 Å². The van der Waals surface area contributed by atoms with Crippen molar-refractivity contribution in [2.24, 2.45) is 0 Å². The number of amides is 1. The van der Waals surface area contributed by atoms with Crippen molar-refractivity contribution in [2.75, 3.05) is 10.6 Å². The Morgan fingerprint density at radius 2 is 1.76 bits per heavy atom. The minimum atomic E-state index is -0.0591. The summed E-state index contributed by atoms with van der Waals surface area (Å²) in [7, 11) is 0. The van der Waals surface area contributed by atoms with Gasteiger partial charge >= 0.3 is 0 Å². The maximum Gasteiger partial charge on any atom is 0.257 e. The summed E-state index contributed by atoms with van der Waals surface area (Å²) >= 11 is 0. The molecule has 0 radical (unpaired) electrons. The molecule has 1 heterocycles. The van der Waals surface area contributed by atoms with Gasteiger partial charge in [-0.2, -0.15) is 0 Å². The second kappa shape index (κ2) is 5.09. The third-order valence-electron chi connectivity index (χ3n) is 3.64. The Morgan fingerprint density at radius 3 is 2.48 bits per heavy atom. The highest BCUT2D eigenvalue weighted by Gasteiger charge is 2.25. The van der Waals surface area contributed by atoms with Crippen molar-refractivity contribution in [1.82, 2.24) is 0 Å². The van der Waals surface area contributed by atoms with Crippen molar-refractivity contribution < 1.29 is 4.79 Å². The van der Waals surface area contributed by atoms with Crippen molar-refractivity contribution in [2.45, 2.75) is 20.8 Å². The fourth-order valence-corrected chi connectivity index (χ4v) is 2.78. The Kier molecular flexibility index (Phi) is 3.26. The normalized spacial score (nSPS) is 15.0. The number of nitrogens with one attached hydrogen (secondary N) is 2. The van der Waals surface area contributed by atoms with E-state index < -0.39 is 0 Å². The Bertz CT molecular complexity index is 740. The van der Waals surface area contributed by atoms with Gasteiger partial charge in [-0.25, -0.2) is 0 Å². The van der Waals surface area contributed by atoms with Crippen molar-refractivity contribution in [1.29, 1.82) is 0 Å². The van der Waals surface area contributed by atoms with Gasteiger partial charge in [-0.1, -0.05) is 18.2 Å². The zero-order chi connectivity index (χ0) is 15.0. The van der Waals surface area contributed by atoms with Crippen LogP contribution in [0.25, 0.3) is 5.57 Å². The average Bonchev–Trinajstić information content (AvgIpc) is 2.72. The van der Waals surface area contributed by atoms with Crippen LogP contribution in [0.2, 0.25) is 0 Å². The number of rotatable bonds is 2. The molecule has 0 atom stereocenters. The molecule has 0 aliphatic carbocycles. The molecule has 1 aliphatic rings. The highest BCUT2D eigenvalue weighted by Crippen LogP contribution is 2.34. The van der Waals surface area contributed by atoms with E-state index in [9.17, 15) is 4.79 Å². The van der Waals surface area contributed by atoms with Crippen LogP contribution in [0.3, 0.4) is 0 Å². The Hall–Kier alpha value is -2.55. The molecule has 3 heteroatoms. The van der Waals surface area contributed by atoms with Crippen molar-refractivity contribution in [3.8, 4) is 0 Å². The molecule has 0 spiro atoms. The number of carbonyl (C=O) groups is 1. The fraction of sp³-hybridized carbons (Fsp3) is 0.167. The summed E-state index contributed by atoms with van der Waals surface area (Å²) in [6, 6.07) is 12.2. The number of aryl methyl sites for hydroxylation is 3.